The smallest absolute Gasteiger partial charge is 0.106 e. The van der Waals surface area contributed by atoms with Gasteiger partial charge in [-0.1, -0.05) is 29.3 Å². The molecular weight excluding hydrogens is 259 g/mol. The zero-order chi connectivity index (χ0) is 12.4. The molecule has 0 amide bonds. The molecule has 17 heavy (non-hydrogen) atoms. The van der Waals surface area contributed by atoms with Gasteiger partial charge in [0, 0.05) is 22.0 Å². The zero-order valence-corrected chi connectivity index (χ0v) is 10.8. The van der Waals surface area contributed by atoms with E-state index in [1.54, 1.807) is 30.5 Å². The minimum Gasteiger partial charge on any atom is -0.469 e. The summed E-state index contributed by atoms with van der Waals surface area (Å²) >= 11 is 12.1. The second-order valence-electron chi connectivity index (χ2n) is 3.85. The zero-order valence-electron chi connectivity index (χ0n) is 9.28. The van der Waals surface area contributed by atoms with E-state index in [1.807, 2.05) is 6.92 Å². The number of halogens is 2. The van der Waals surface area contributed by atoms with Crippen LogP contribution in [0, 0.1) is 6.92 Å². The minimum absolute atomic E-state index is 0.374. The fraction of sp³-hybridized carbons (Fsp3) is 0.231. The molecule has 2 rings (SSSR count). The quantitative estimate of drug-likeness (QED) is 0.908. The lowest BCUT2D eigenvalue weighted by Crippen LogP contribution is -2.03. The van der Waals surface area contributed by atoms with Crippen molar-refractivity contribution in [3.8, 4) is 0 Å². The second-order valence-corrected chi connectivity index (χ2v) is 4.67. The predicted molar refractivity (Wildman–Crippen MR) is 68.6 cm³/mol. The van der Waals surface area contributed by atoms with Crippen molar-refractivity contribution in [2.24, 2.45) is 0 Å². The number of hydrogen-bond acceptors (Lipinski definition) is 2. The molecule has 1 unspecified atom stereocenters. The van der Waals surface area contributed by atoms with Gasteiger partial charge in [-0.3, -0.25) is 0 Å². The highest BCUT2D eigenvalue weighted by molar-refractivity contribution is 6.35. The second kappa shape index (κ2) is 5.13. The molecule has 90 valence electrons. The summed E-state index contributed by atoms with van der Waals surface area (Å²) in [4.78, 5) is 0. The summed E-state index contributed by atoms with van der Waals surface area (Å²) in [7, 11) is 0. The van der Waals surface area contributed by atoms with Crippen molar-refractivity contribution in [1.82, 2.24) is 0 Å². The molecule has 2 nitrogen and oxygen atoms in total. The Morgan fingerprint density at radius 3 is 2.41 bits per heavy atom. The van der Waals surface area contributed by atoms with Crippen LogP contribution >= 0.6 is 23.2 Å². The van der Waals surface area contributed by atoms with Gasteiger partial charge in [0.1, 0.15) is 5.76 Å². The first-order valence-corrected chi connectivity index (χ1v) is 6.00. The molecule has 1 N–H and O–H groups in total. The summed E-state index contributed by atoms with van der Waals surface area (Å²) in [5.74, 6) is 0.709. The molecular formula is C13H12Cl2O2. The van der Waals surface area contributed by atoms with Crippen LogP contribution in [0.3, 0.4) is 0 Å². The van der Waals surface area contributed by atoms with Crippen molar-refractivity contribution < 1.29 is 9.52 Å². The maximum absolute atomic E-state index is 10.1. The number of aliphatic hydroxyl groups excluding tert-OH is 1. The number of hydrogen-bond donors (Lipinski definition) is 1. The van der Waals surface area contributed by atoms with Crippen LogP contribution in [0.2, 0.25) is 10.0 Å². The summed E-state index contributed by atoms with van der Waals surface area (Å²) in [5.41, 5.74) is 1.52. The van der Waals surface area contributed by atoms with Crippen LogP contribution in [0.15, 0.2) is 34.9 Å². The highest BCUT2D eigenvalue weighted by Gasteiger charge is 2.16. The van der Waals surface area contributed by atoms with Gasteiger partial charge in [-0.25, -0.2) is 0 Å². The molecule has 0 spiro atoms. The molecule has 0 radical (unpaired) electrons. The highest BCUT2D eigenvalue weighted by atomic mass is 35.5. The first kappa shape index (κ1) is 12.5. The van der Waals surface area contributed by atoms with E-state index < -0.39 is 6.10 Å². The minimum atomic E-state index is -0.661. The van der Waals surface area contributed by atoms with Crippen LogP contribution in [0.4, 0.5) is 0 Å². The van der Waals surface area contributed by atoms with Crippen LogP contribution in [-0.4, -0.2) is 5.11 Å². The van der Waals surface area contributed by atoms with Crippen LogP contribution in [0.1, 0.15) is 23.0 Å². The molecule has 2 aromatic rings. The molecule has 0 saturated carbocycles. The van der Waals surface area contributed by atoms with Crippen LogP contribution in [-0.2, 0) is 6.42 Å². The normalized spacial score (nSPS) is 12.7. The average molecular weight is 271 g/mol. The molecule has 0 aliphatic heterocycles. The Bertz CT molecular complexity index is 500. The first-order valence-electron chi connectivity index (χ1n) is 5.24. The van der Waals surface area contributed by atoms with Crippen molar-refractivity contribution in [3.63, 3.8) is 0 Å². The van der Waals surface area contributed by atoms with E-state index in [9.17, 15) is 5.11 Å². The van der Waals surface area contributed by atoms with Gasteiger partial charge in [-0.2, -0.15) is 0 Å². The van der Waals surface area contributed by atoms with E-state index >= 15 is 0 Å². The molecule has 1 atom stereocenters. The Labute approximate surface area is 110 Å². The monoisotopic (exact) mass is 270 g/mol. The highest BCUT2D eigenvalue weighted by Crippen LogP contribution is 2.30. The molecule has 1 aromatic carbocycles. The molecule has 0 bridgehead atoms. The lowest BCUT2D eigenvalue weighted by molar-refractivity contribution is 0.176. The number of aliphatic hydroxyl groups is 1. The van der Waals surface area contributed by atoms with Crippen LogP contribution < -0.4 is 0 Å². The number of benzene rings is 1. The maximum Gasteiger partial charge on any atom is 0.106 e. The van der Waals surface area contributed by atoms with Gasteiger partial charge in [-0.05, 0) is 30.7 Å². The van der Waals surface area contributed by atoms with Gasteiger partial charge in [-0.15, -0.1) is 0 Å². The van der Waals surface area contributed by atoms with E-state index in [2.05, 4.69) is 0 Å². The first-order chi connectivity index (χ1) is 8.09. The fourth-order valence-electron chi connectivity index (χ4n) is 1.77. The molecule has 1 aromatic heterocycles. The largest absolute Gasteiger partial charge is 0.469 e. The van der Waals surface area contributed by atoms with Crippen molar-refractivity contribution in [2.45, 2.75) is 19.4 Å². The topological polar surface area (TPSA) is 33.4 Å². The summed E-state index contributed by atoms with van der Waals surface area (Å²) in [6.45, 7) is 1.81. The molecule has 0 saturated heterocycles. The molecule has 0 aliphatic rings. The van der Waals surface area contributed by atoms with E-state index in [0.717, 1.165) is 11.1 Å². The third kappa shape index (κ3) is 2.65. The fourth-order valence-corrected chi connectivity index (χ4v) is 2.32. The standard InChI is InChI=1S/C13H12Cl2O2/c1-8-9(5-6-17-8)13(16)7-10-11(14)3-2-4-12(10)15/h2-6,13,16H,7H2,1H3. The Balaban J connectivity index is 2.25. The van der Waals surface area contributed by atoms with Gasteiger partial charge in [0.15, 0.2) is 0 Å². The van der Waals surface area contributed by atoms with Crippen LogP contribution in [0.5, 0.6) is 0 Å². The lowest BCUT2D eigenvalue weighted by Gasteiger charge is -2.12. The molecule has 1 heterocycles. The Morgan fingerprint density at radius 2 is 1.88 bits per heavy atom. The maximum atomic E-state index is 10.1. The van der Waals surface area contributed by atoms with E-state index in [0.29, 0.717) is 22.2 Å². The number of aryl methyl sites for hydroxylation is 1. The van der Waals surface area contributed by atoms with Crippen molar-refractivity contribution in [2.75, 3.05) is 0 Å². The SMILES string of the molecule is Cc1occc1C(O)Cc1c(Cl)cccc1Cl. The molecule has 0 fully saturated rings. The number of furan rings is 1. The summed E-state index contributed by atoms with van der Waals surface area (Å²) in [6.07, 6.45) is 1.27. The Morgan fingerprint density at radius 1 is 1.24 bits per heavy atom. The van der Waals surface area contributed by atoms with Crippen molar-refractivity contribution in [1.29, 1.82) is 0 Å². The van der Waals surface area contributed by atoms with Gasteiger partial charge >= 0.3 is 0 Å². The van der Waals surface area contributed by atoms with Crippen molar-refractivity contribution >= 4 is 23.2 Å². The van der Waals surface area contributed by atoms with Crippen LogP contribution in [0.25, 0.3) is 0 Å². The third-order valence-electron chi connectivity index (χ3n) is 2.72. The third-order valence-corrected chi connectivity index (χ3v) is 3.43. The van der Waals surface area contributed by atoms with Crippen molar-refractivity contribution in [3.05, 3.63) is 57.5 Å². The van der Waals surface area contributed by atoms with Gasteiger partial charge in [0.05, 0.1) is 12.4 Å². The van der Waals surface area contributed by atoms with E-state index in [-0.39, 0.29) is 0 Å². The molecule has 0 aliphatic carbocycles. The summed E-state index contributed by atoms with van der Waals surface area (Å²) in [5, 5.41) is 11.2. The summed E-state index contributed by atoms with van der Waals surface area (Å²) in [6, 6.07) is 7.06. The Kier molecular flexibility index (Phi) is 3.77. The summed E-state index contributed by atoms with van der Waals surface area (Å²) < 4.78 is 5.16. The lowest BCUT2D eigenvalue weighted by atomic mass is 10.0. The average Bonchev–Trinajstić information content (AvgIpc) is 2.70. The predicted octanol–water partition coefficient (Wildman–Crippen LogP) is 4.17. The van der Waals surface area contributed by atoms with E-state index in [4.69, 9.17) is 27.6 Å². The van der Waals surface area contributed by atoms with Gasteiger partial charge in [0.25, 0.3) is 0 Å². The van der Waals surface area contributed by atoms with Gasteiger partial charge < -0.3 is 9.52 Å². The van der Waals surface area contributed by atoms with E-state index in [1.165, 1.54) is 0 Å². The number of rotatable bonds is 3. The Hall–Kier alpha value is -0.960. The molecule has 4 heteroatoms. The van der Waals surface area contributed by atoms with Gasteiger partial charge in [0.2, 0.25) is 0 Å².